The number of primary amides is 1. The maximum Gasteiger partial charge on any atom is 0.290 e. The summed E-state index contributed by atoms with van der Waals surface area (Å²) in [6, 6.07) is 0. The van der Waals surface area contributed by atoms with Gasteiger partial charge in [0.25, 0.3) is 5.56 Å². The Morgan fingerprint density at radius 3 is 2.93 bits per heavy atom. The average molecular weight is 196 g/mol. The largest absolute Gasteiger partial charge is 0.368 e. The molecule has 0 spiro atoms. The molecule has 6 nitrogen and oxygen atoms in total. The van der Waals surface area contributed by atoms with Crippen LogP contribution in [0.15, 0.2) is 17.2 Å². The molecule has 0 fully saturated rings. The number of aromatic nitrogens is 2. The smallest absolute Gasteiger partial charge is 0.290 e. The predicted octanol–water partition coefficient (Wildman–Crippen LogP) is -0.918. The number of carbonyl (C=O) groups excluding carboxylic acids is 1. The number of hydrogen-bond acceptors (Lipinski definition) is 4. The van der Waals surface area contributed by atoms with Gasteiger partial charge in [-0.1, -0.05) is 0 Å². The first-order valence-electron chi connectivity index (χ1n) is 4.22. The second-order valence-corrected chi connectivity index (χ2v) is 2.72. The van der Waals surface area contributed by atoms with Crippen LogP contribution in [0.2, 0.25) is 0 Å². The van der Waals surface area contributed by atoms with Gasteiger partial charge in [0.15, 0.2) is 5.82 Å². The van der Waals surface area contributed by atoms with Crippen LogP contribution in [-0.2, 0) is 4.79 Å². The third-order valence-electron chi connectivity index (χ3n) is 1.72. The number of hydrogen-bond donors (Lipinski definition) is 2. The molecule has 76 valence electrons. The number of nitrogens with two attached hydrogens (primary N) is 1. The number of anilines is 1. The molecule has 0 atom stereocenters. The van der Waals surface area contributed by atoms with Crippen molar-refractivity contribution >= 4 is 11.7 Å². The van der Waals surface area contributed by atoms with Crippen molar-refractivity contribution in [1.82, 2.24) is 9.97 Å². The van der Waals surface area contributed by atoms with Gasteiger partial charge in [-0.25, -0.2) is 4.98 Å². The van der Waals surface area contributed by atoms with E-state index in [1.54, 1.807) is 0 Å². The molecule has 3 N–H and O–H groups in total. The van der Waals surface area contributed by atoms with Crippen LogP contribution in [0.3, 0.4) is 0 Å². The molecular weight excluding hydrogens is 184 g/mol. The Balaban J connectivity index is 2.95. The Hall–Kier alpha value is -1.85. The van der Waals surface area contributed by atoms with E-state index in [1.165, 1.54) is 17.3 Å². The zero-order chi connectivity index (χ0) is 10.6. The normalized spacial score (nSPS) is 9.79. The summed E-state index contributed by atoms with van der Waals surface area (Å²) in [6.07, 6.45) is 2.89. The molecule has 1 aromatic rings. The van der Waals surface area contributed by atoms with Crippen molar-refractivity contribution in [2.24, 2.45) is 5.73 Å². The molecule has 6 heteroatoms. The van der Waals surface area contributed by atoms with Crippen molar-refractivity contribution in [3.63, 3.8) is 0 Å². The highest BCUT2D eigenvalue weighted by Crippen LogP contribution is 2.00. The summed E-state index contributed by atoms with van der Waals surface area (Å²) in [6.45, 7) is 2.32. The summed E-state index contributed by atoms with van der Waals surface area (Å²) in [7, 11) is 0. The fraction of sp³-hybridized carbons (Fsp3) is 0.375. The lowest BCUT2D eigenvalue weighted by Crippen LogP contribution is -2.37. The first kappa shape index (κ1) is 10.2. The molecule has 0 saturated carbocycles. The van der Waals surface area contributed by atoms with E-state index < -0.39 is 5.91 Å². The van der Waals surface area contributed by atoms with Crippen molar-refractivity contribution < 1.29 is 4.79 Å². The monoisotopic (exact) mass is 196 g/mol. The van der Waals surface area contributed by atoms with Gasteiger partial charge in [-0.05, 0) is 6.92 Å². The summed E-state index contributed by atoms with van der Waals surface area (Å²) in [5.74, 6) is -0.272. The Bertz CT molecular complexity index is 374. The molecule has 0 aliphatic rings. The Morgan fingerprint density at radius 2 is 2.43 bits per heavy atom. The highest BCUT2D eigenvalue weighted by atomic mass is 16.1. The first-order valence-corrected chi connectivity index (χ1v) is 4.22. The van der Waals surface area contributed by atoms with E-state index >= 15 is 0 Å². The van der Waals surface area contributed by atoms with E-state index in [4.69, 9.17) is 5.73 Å². The quantitative estimate of drug-likeness (QED) is 0.651. The lowest BCUT2D eigenvalue weighted by Gasteiger charge is -2.18. The van der Waals surface area contributed by atoms with Gasteiger partial charge in [0, 0.05) is 18.9 Å². The number of likely N-dealkylation sites (N-methyl/N-ethyl adjacent to an activating group) is 1. The molecule has 0 aliphatic heterocycles. The van der Waals surface area contributed by atoms with Crippen LogP contribution >= 0.6 is 0 Å². The standard InChI is InChI=1S/C8H12N4O2/c1-2-12(5-6(9)13)7-8(14)11-4-3-10-7/h3-4H,2,5H2,1H3,(H2,9,13)(H,11,14). The molecule has 1 amide bonds. The summed E-state index contributed by atoms with van der Waals surface area (Å²) in [4.78, 5) is 29.9. The maximum atomic E-state index is 11.3. The fourth-order valence-corrected chi connectivity index (χ4v) is 1.09. The van der Waals surface area contributed by atoms with Crippen molar-refractivity contribution in [2.75, 3.05) is 18.0 Å². The van der Waals surface area contributed by atoms with E-state index in [-0.39, 0.29) is 17.9 Å². The molecule has 0 bridgehead atoms. The fourth-order valence-electron chi connectivity index (χ4n) is 1.09. The molecule has 14 heavy (non-hydrogen) atoms. The van der Waals surface area contributed by atoms with Crippen molar-refractivity contribution in [1.29, 1.82) is 0 Å². The highest BCUT2D eigenvalue weighted by Gasteiger charge is 2.11. The molecule has 0 radical (unpaired) electrons. The summed E-state index contributed by atoms with van der Waals surface area (Å²) >= 11 is 0. The molecular formula is C8H12N4O2. The van der Waals surface area contributed by atoms with Gasteiger partial charge in [0.05, 0.1) is 6.54 Å². The lowest BCUT2D eigenvalue weighted by molar-refractivity contribution is -0.116. The second-order valence-electron chi connectivity index (χ2n) is 2.72. The zero-order valence-electron chi connectivity index (χ0n) is 7.86. The Morgan fingerprint density at radius 1 is 1.71 bits per heavy atom. The number of aromatic amines is 1. The number of amides is 1. The SMILES string of the molecule is CCN(CC(N)=O)c1ncc[nH]c1=O. The summed E-state index contributed by atoms with van der Waals surface area (Å²) in [5, 5.41) is 0. The minimum absolute atomic E-state index is 0.00338. The lowest BCUT2D eigenvalue weighted by atomic mass is 10.4. The van der Waals surface area contributed by atoms with Crippen LogP contribution in [0.4, 0.5) is 5.82 Å². The van der Waals surface area contributed by atoms with Gasteiger partial charge in [-0.2, -0.15) is 0 Å². The molecule has 0 saturated heterocycles. The van der Waals surface area contributed by atoms with Crippen molar-refractivity contribution in [3.05, 3.63) is 22.7 Å². The van der Waals surface area contributed by atoms with Crippen LogP contribution in [0.5, 0.6) is 0 Å². The molecule has 0 aliphatic carbocycles. The Labute approximate surface area is 80.8 Å². The van der Waals surface area contributed by atoms with Gasteiger partial charge < -0.3 is 15.6 Å². The number of nitrogens with zero attached hydrogens (tertiary/aromatic N) is 2. The molecule has 1 rings (SSSR count). The van der Waals surface area contributed by atoms with Crippen LogP contribution in [-0.4, -0.2) is 29.0 Å². The highest BCUT2D eigenvalue weighted by molar-refractivity contribution is 5.79. The minimum Gasteiger partial charge on any atom is -0.368 e. The van der Waals surface area contributed by atoms with Gasteiger partial charge in [0.2, 0.25) is 5.91 Å². The number of carbonyl (C=O) groups is 1. The predicted molar refractivity (Wildman–Crippen MR) is 51.9 cm³/mol. The van der Waals surface area contributed by atoms with Gasteiger partial charge >= 0.3 is 0 Å². The average Bonchev–Trinajstić information content (AvgIpc) is 2.15. The number of rotatable bonds is 4. The topological polar surface area (TPSA) is 92.1 Å². The number of nitrogens with one attached hydrogen (secondary N) is 1. The third kappa shape index (κ3) is 2.32. The molecule has 1 heterocycles. The van der Waals surface area contributed by atoms with E-state index in [2.05, 4.69) is 9.97 Å². The van der Waals surface area contributed by atoms with Crippen LogP contribution in [0, 0.1) is 0 Å². The molecule has 1 aromatic heterocycles. The van der Waals surface area contributed by atoms with Gasteiger partial charge in [-0.15, -0.1) is 0 Å². The van der Waals surface area contributed by atoms with E-state index in [0.29, 0.717) is 6.54 Å². The van der Waals surface area contributed by atoms with Crippen molar-refractivity contribution in [2.45, 2.75) is 6.92 Å². The minimum atomic E-state index is -0.489. The zero-order valence-corrected chi connectivity index (χ0v) is 7.86. The van der Waals surface area contributed by atoms with Crippen molar-refractivity contribution in [3.8, 4) is 0 Å². The summed E-state index contributed by atoms with van der Waals surface area (Å²) < 4.78 is 0. The maximum absolute atomic E-state index is 11.3. The Kier molecular flexibility index (Phi) is 3.22. The van der Waals surface area contributed by atoms with Gasteiger partial charge in [0.1, 0.15) is 0 Å². The van der Waals surface area contributed by atoms with Crippen LogP contribution in [0.25, 0.3) is 0 Å². The van der Waals surface area contributed by atoms with E-state index in [1.807, 2.05) is 6.92 Å². The molecule has 0 unspecified atom stereocenters. The number of H-pyrrole nitrogens is 1. The van der Waals surface area contributed by atoms with Crippen LogP contribution < -0.4 is 16.2 Å². The van der Waals surface area contributed by atoms with Gasteiger partial charge in [-0.3, -0.25) is 9.59 Å². The molecule has 0 aromatic carbocycles. The van der Waals surface area contributed by atoms with E-state index in [0.717, 1.165) is 0 Å². The summed E-state index contributed by atoms with van der Waals surface area (Å²) in [5.41, 5.74) is 4.71. The second kappa shape index (κ2) is 4.40. The third-order valence-corrected chi connectivity index (χ3v) is 1.72. The van der Waals surface area contributed by atoms with Crippen LogP contribution in [0.1, 0.15) is 6.92 Å². The van der Waals surface area contributed by atoms with E-state index in [9.17, 15) is 9.59 Å². The first-order chi connectivity index (χ1) is 6.65.